The van der Waals surface area contributed by atoms with Crippen LogP contribution in [0, 0.1) is 13.8 Å². The number of hydrogen-bond donors (Lipinski definition) is 0. The molecule has 138 valence electrons. The zero-order valence-corrected chi connectivity index (χ0v) is 16.2. The first-order chi connectivity index (χ1) is 12.5. The van der Waals surface area contributed by atoms with E-state index in [2.05, 4.69) is 29.1 Å². The topological polar surface area (TPSA) is 51.0 Å². The monoisotopic (exact) mass is 372 g/mol. The smallest absolute Gasteiger partial charge is 0.238 e. The molecule has 1 unspecified atom stereocenters. The van der Waals surface area contributed by atoms with Crippen molar-refractivity contribution in [3.8, 4) is 0 Å². The molecule has 5 nitrogen and oxygen atoms in total. The fraction of sp³-hybridized carbons (Fsp3) is 0.550. The predicted octanol–water partition coefficient (Wildman–Crippen LogP) is 2.97. The number of carbonyl (C=O) groups excluding carboxylic acids is 1. The molecule has 0 radical (unpaired) electrons. The van der Waals surface area contributed by atoms with Gasteiger partial charge >= 0.3 is 0 Å². The van der Waals surface area contributed by atoms with Crippen LogP contribution in [-0.2, 0) is 37.1 Å². The largest absolute Gasteiger partial charge is 0.332 e. The Morgan fingerprint density at radius 2 is 2.15 bits per heavy atom. The Hall–Kier alpha value is -1.88. The van der Waals surface area contributed by atoms with Gasteiger partial charge in [0.2, 0.25) is 5.91 Å². The molecule has 4 rings (SSSR count). The molecule has 0 saturated carbocycles. The van der Waals surface area contributed by atoms with E-state index in [1.54, 1.807) is 0 Å². The summed E-state index contributed by atoms with van der Waals surface area (Å²) in [6.07, 6.45) is 5.33. The Morgan fingerprint density at radius 1 is 1.31 bits per heavy atom. The molecule has 1 aromatic heterocycles. The van der Waals surface area contributed by atoms with Crippen LogP contribution in [0.5, 0.6) is 0 Å². The number of aromatic nitrogens is 3. The minimum absolute atomic E-state index is 0.00453. The van der Waals surface area contributed by atoms with Crippen LogP contribution in [0.25, 0.3) is 0 Å². The second-order valence-electron chi connectivity index (χ2n) is 7.51. The lowest BCUT2D eigenvalue weighted by molar-refractivity contribution is -0.132. The Balaban J connectivity index is 1.58. The lowest BCUT2D eigenvalue weighted by atomic mass is 9.99. The van der Waals surface area contributed by atoms with Gasteiger partial charge in [0.15, 0.2) is 0 Å². The third-order valence-electron chi connectivity index (χ3n) is 5.67. The highest BCUT2D eigenvalue weighted by molar-refractivity contribution is 6.27. The maximum absolute atomic E-state index is 12.6. The fourth-order valence-corrected chi connectivity index (χ4v) is 4.62. The predicted molar refractivity (Wildman–Crippen MR) is 101 cm³/mol. The van der Waals surface area contributed by atoms with E-state index in [0.29, 0.717) is 13.1 Å². The Morgan fingerprint density at radius 3 is 2.96 bits per heavy atom. The molecule has 1 atom stereocenters. The molecular weight excluding hydrogens is 348 g/mol. The van der Waals surface area contributed by atoms with Gasteiger partial charge in [0.1, 0.15) is 17.5 Å². The molecule has 1 aliphatic carbocycles. The highest BCUT2D eigenvalue weighted by Gasteiger charge is 2.29. The number of carbonyl (C=O) groups is 1. The number of amides is 1. The van der Waals surface area contributed by atoms with E-state index in [-0.39, 0.29) is 17.8 Å². The second kappa shape index (κ2) is 7.03. The summed E-state index contributed by atoms with van der Waals surface area (Å²) >= 11 is 5.94. The number of alkyl halides is 1. The molecule has 2 aromatic rings. The van der Waals surface area contributed by atoms with Crippen molar-refractivity contribution in [1.82, 2.24) is 19.7 Å². The van der Waals surface area contributed by atoms with Crippen LogP contribution in [0.3, 0.4) is 0 Å². The van der Waals surface area contributed by atoms with Crippen LogP contribution in [0.4, 0.5) is 0 Å². The van der Waals surface area contributed by atoms with Gasteiger partial charge in [-0.1, -0.05) is 12.1 Å². The van der Waals surface area contributed by atoms with Gasteiger partial charge in [-0.25, -0.2) is 9.67 Å². The van der Waals surface area contributed by atoms with Crippen molar-refractivity contribution in [1.29, 1.82) is 0 Å². The molecule has 26 heavy (non-hydrogen) atoms. The maximum Gasteiger partial charge on any atom is 0.238 e. The summed E-state index contributed by atoms with van der Waals surface area (Å²) in [7, 11) is 0. The first kappa shape index (κ1) is 17.5. The summed E-state index contributed by atoms with van der Waals surface area (Å²) in [5.41, 5.74) is 5.52. The zero-order chi connectivity index (χ0) is 18.3. The molecule has 2 heterocycles. The van der Waals surface area contributed by atoms with E-state index in [0.717, 1.165) is 30.9 Å². The SMILES string of the molecule is Cc1nc2n(n1)CC(N(Cc1cc(C)c3c(c1)CCC3)C(=O)CCl)CC2. The van der Waals surface area contributed by atoms with Crippen molar-refractivity contribution >= 4 is 17.5 Å². The van der Waals surface area contributed by atoms with E-state index in [9.17, 15) is 4.79 Å². The normalized spacial score (nSPS) is 18.5. The first-order valence-electron chi connectivity index (χ1n) is 9.42. The Kier molecular flexibility index (Phi) is 4.74. The summed E-state index contributed by atoms with van der Waals surface area (Å²) in [6.45, 7) is 5.41. The van der Waals surface area contributed by atoms with Crippen molar-refractivity contribution in [2.24, 2.45) is 0 Å². The third kappa shape index (κ3) is 3.25. The average Bonchev–Trinajstić information content (AvgIpc) is 3.23. The van der Waals surface area contributed by atoms with Gasteiger partial charge in [-0.3, -0.25) is 4.79 Å². The van der Waals surface area contributed by atoms with Crippen LogP contribution in [0.2, 0.25) is 0 Å². The van der Waals surface area contributed by atoms with Crippen molar-refractivity contribution in [2.75, 3.05) is 5.88 Å². The molecule has 0 fully saturated rings. The molecule has 6 heteroatoms. The van der Waals surface area contributed by atoms with Gasteiger partial charge in [-0.2, -0.15) is 5.10 Å². The van der Waals surface area contributed by atoms with E-state index >= 15 is 0 Å². The number of aryl methyl sites for hydroxylation is 4. The quantitative estimate of drug-likeness (QED) is 0.775. The summed E-state index contributed by atoms with van der Waals surface area (Å²) in [4.78, 5) is 19.0. The number of hydrogen-bond acceptors (Lipinski definition) is 3. The number of nitrogens with zero attached hydrogens (tertiary/aromatic N) is 4. The van der Waals surface area contributed by atoms with Gasteiger partial charge in [0, 0.05) is 13.0 Å². The van der Waals surface area contributed by atoms with Crippen LogP contribution in [-0.4, -0.2) is 37.5 Å². The molecule has 0 saturated heterocycles. The zero-order valence-electron chi connectivity index (χ0n) is 15.5. The van der Waals surface area contributed by atoms with Crippen molar-refractivity contribution in [3.05, 3.63) is 46.0 Å². The highest BCUT2D eigenvalue weighted by Crippen LogP contribution is 2.28. The van der Waals surface area contributed by atoms with Gasteiger partial charge in [0.25, 0.3) is 0 Å². The van der Waals surface area contributed by atoms with Crippen molar-refractivity contribution in [3.63, 3.8) is 0 Å². The van der Waals surface area contributed by atoms with Gasteiger partial charge in [-0.15, -0.1) is 11.6 Å². The minimum atomic E-state index is -0.00453. The van der Waals surface area contributed by atoms with Crippen molar-refractivity contribution in [2.45, 2.75) is 65.1 Å². The summed E-state index contributed by atoms with van der Waals surface area (Å²) in [5, 5.41) is 4.47. The van der Waals surface area contributed by atoms with E-state index in [1.165, 1.54) is 35.1 Å². The lowest BCUT2D eigenvalue weighted by Crippen LogP contribution is -2.45. The van der Waals surface area contributed by atoms with Gasteiger partial charge < -0.3 is 4.90 Å². The first-order valence-corrected chi connectivity index (χ1v) is 9.95. The standard InChI is InChI=1S/C20H25ClN4O/c1-13-8-15(9-16-4-3-5-18(13)16)11-24(20(26)10-21)17-6-7-19-22-14(2)23-25(19)12-17/h8-9,17H,3-7,10-12H2,1-2H3. The number of fused-ring (bicyclic) bond motifs is 2. The van der Waals surface area contributed by atoms with Crippen LogP contribution < -0.4 is 0 Å². The van der Waals surface area contributed by atoms with E-state index in [4.69, 9.17) is 11.6 Å². The molecule has 0 N–H and O–H groups in total. The number of benzene rings is 1. The Bertz CT molecular complexity index is 845. The van der Waals surface area contributed by atoms with E-state index < -0.39 is 0 Å². The van der Waals surface area contributed by atoms with Crippen LogP contribution in [0.15, 0.2) is 12.1 Å². The fourth-order valence-electron chi connectivity index (χ4n) is 4.46. The highest BCUT2D eigenvalue weighted by atomic mass is 35.5. The maximum atomic E-state index is 12.6. The molecule has 0 bridgehead atoms. The number of halogens is 1. The van der Waals surface area contributed by atoms with Crippen LogP contribution in [0.1, 0.15) is 46.7 Å². The summed E-state index contributed by atoms with van der Waals surface area (Å²) in [5.74, 6) is 1.83. The van der Waals surface area contributed by atoms with Crippen molar-refractivity contribution < 1.29 is 4.79 Å². The van der Waals surface area contributed by atoms with Gasteiger partial charge in [-0.05, 0) is 61.8 Å². The minimum Gasteiger partial charge on any atom is -0.332 e. The molecule has 0 spiro atoms. The van der Waals surface area contributed by atoms with Gasteiger partial charge in [0.05, 0.1) is 12.6 Å². The lowest BCUT2D eigenvalue weighted by Gasteiger charge is -2.34. The average molecular weight is 373 g/mol. The van der Waals surface area contributed by atoms with Crippen LogP contribution >= 0.6 is 11.6 Å². The molecule has 2 aliphatic rings. The number of rotatable bonds is 4. The second-order valence-corrected chi connectivity index (χ2v) is 7.78. The molecule has 1 aromatic carbocycles. The molecular formula is C20H25ClN4O. The Labute approximate surface area is 159 Å². The molecule has 1 amide bonds. The van der Waals surface area contributed by atoms with E-state index in [1.807, 2.05) is 16.5 Å². The summed E-state index contributed by atoms with van der Waals surface area (Å²) in [6, 6.07) is 4.65. The summed E-state index contributed by atoms with van der Waals surface area (Å²) < 4.78 is 1.95. The third-order valence-corrected chi connectivity index (χ3v) is 5.89. The molecule has 1 aliphatic heterocycles.